The maximum absolute atomic E-state index is 11.7. The van der Waals surface area contributed by atoms with E-state index < -0.39 is 5.56 Å². The molecule has 1 amide bonds. The number of aromatic nitrogens is 4. The number of aromatic amines is 1. The molecule has 2 N–H and O–H groups in total. The van der Waals surface area contributed by atoms with Crippen LogP contribution in [0.15, 0.2) is 4.79 Å². The number of H-pyrrole nitrogens is 1. The quantitative estimate of drug-likeness (QED) is 0.827. The number of anilines is 1. The first kappa shape index (κ1) is 11.6. The van der Waals surface area contributed by atoms with Crippen molar-refractivity contribution in [3.05, 3.63) is 21.1 Å². The lowest BCUT2D eigenvalue weighted by molar-refractivity contribution is -0.115. The standard InChI is InChI=1S/C9H10ClN5O2/c1-3-5(16)12-8-13-9-11-4(2)6(10)7(17)15(9)14-8/h3H2,1-2H3,(H2,11,12,13,14,16). The Balaban J connectivity index is 2.55. The van der Waals surface area contributed by atoms with Gasteiger partial charge in [-0.1, -0.05) is 18.5 Å². The molecule has 90 valence electrons. The van der Waals surface area contributed by atoms with E-state index in [1.54, 1.807) is 13.8 Å². The van der Waals surface area contributed by atoms with E-state index in [0.29, 0.717) is 12.1 Å². The van der Waals surface area contributed by atoms with E-state index in [1.807, 2.05) is 0 Å². The number of aryl methyl sites for hydroxylation is 1. The molecule has 0 aromatic carbocycles. The minimum atomic E-state index is -0.446. The van der Waals surface area contributed by atoms with Crippen molar-refractivity contribution in [3.63, 3.8) is 0 Å². The summed E-state index contributed by atoms with van der Waals surface area (Å²) >= 11 is 5.77. The third-order valence-corrected chi connectivity index (χ3v) is 2.62. The van der Waals surface area contributed by atoms with E-state index in [9.17, 15) is 9.59 Å². The summed E-state index contributed by atoms with van der Waals surface area (Å²) < 4.78 is 1.08. The second-order valence-corrected chi connectivity index (χ2v) is 3.80. The summed E-state index contributed by atoms with van der Waals surface area (Å²) in [5.74, 6) is 0.131. The van der Waals surface area contributed by atoms with Gasteiger partial charge in [0.05, 0.1) is 5.69 Å². The predicted molar refractivity (Wildman–Crippen MR) is 62.3 cm³/mol. The van der Waals surface area contributed by atoms with Crippen LogP contribution in [-0.2, 0) is 4.79 Å². The normalized spacial score (nSPS) is 10.8. The van der Waals surface area contributed by atoms with Crippen LogP contribution in [0.2, 0.25) is 5.02 Å². The van der Waals surface area contributed by atoms with Crippen LogP contribution in [0.3, 0.4) is 0 Å². The summed E-state index contributed by atoms with van der Waals surface area (Å²) in [7, 11) is 0. The van der Waals surface area contributed by atoms with E-state index in [0.717, 1.165) is 4.52 Å². The summed E-state index contributed by atoms with van der Waals surface area (Å²) in [4.78, 5) is 30.9. The molecule has 0 spiro atoms. The van der Waals surface area contributed by atoms with Crippen molar-refractivity contribution in [2.45, 2.75) is 20.3 Å². The molecule has 17 heavy (non-hydrogen) atoms. The zero-order valence-electron chi connectivity index (χ0n) is 9.24. The number of carbonyl (C=O) groups excluding carboxylic acids is 1. The van der Waals surface area contributed by atoms with Crippen LogP contribution in [0.1, 0.15) is 19.0 Å². The highest BCUT2D eigenvalue weighted by atomic mass is 35.5. The van der Waals surface area contributed by atoms with Gasteiger partial charge in [-0.25, -0.2) is 4.98 Å². The van der Waals surface area contributed by atoms with Gasteiger partial charge in [0, 0.05) is 6.42 Å². The Labute approximate surface area is 101 Å². The molecule has 2 rings (SSSR count). The van der Waals surface area contributed by atoms with Crippen molar-refractivity contribution in [1.82, 2.24) is 19.6 Å². The Hall–Kier alpha value is -1.89. The van der Waals surface area contributed by atoms with Crippen LogP contribution >= 0.6 is 11.6 Å². The molecule has 0 fully saturated rings. The summed E-state index contributed by atoms with van der Waals surface area (Å²) in [5.41, 5.74) is -0.0461. The SMILES string of the molecule is CCC(=O)Nc1nc2nc(C)c(Cl)c(=O)n2[nH]1. The van der Waals surface area contributed by atoms with Gasteiger partial charge in [0.1, 0.15) is 5.02 Å². The highest BCUT2D eigenvalue weighted by molar-refractivity contribution is 6.31. The summed E-state index contributed by atoms with van der Waals surface area (Å²) in [5, 5.41) is 5.14. The van der Waals surface area contributed by atoms with E-state index in [4.69, 9.17) is 11.6 Å². The predicted octanol–water partition coefficient (Wildman–Crippen LogP) is 0.728. The lowest BCUT2D eigenvalue weighted by Crippen LogP contribution is -2.17. The highest BCUT2D eigenvalue weighted by Crippen LogP contribution is 2.08. The third-order valence-electron chi connectivity index (χ3n) is 2.18. The second kappa shape index (κ2) is 4.17. The third kappa shape index (κ3) is 2.01. The molecule has 0 aliphatic rings. The molecule has 0 unspecified atom stereocenters. The molecule has 2 aromatic rings. The zero-order valence-corrected chi connectivity index (χ0v) is 10.00. The van der Waals surface area contributed by atoms with Gasteiger partial charge in [-0.2, -0.15) is 9.50 Å². The Morgan fingerprint density at radius 2 is 2.24 bits per heavy atom. The van der Waals surface area contributed by atoms with Gasteiger partial charge in [0.15, 0.2) is 0 Å². The molecule has 0 saturated carbocycles. The van der Waals surface area contributed by atoms with Crippen LogP contribution in [-0.4, -0.2) is 25.5 Å². The van der Waals surface area contributed by atoms with Crippen LogP contribution in [0.4, 0.5) is 5.95 Å². The monoisotopic (exact) mass is 255 g/mol. The van der Waals surface area contributed by atoms with Crippen LogP contribution < -0.4 is 10.9 Å². The van der Waals surface area contributed by atoms with E-state index in [2.05, 4.69) is 20.4 Å². The minimum Gasteiger partial charge on any atom is -0.295 e. The fraction of sp³-hybridized carbons (Fsp3) is 0.333. The van der Waals surface area contributed by atoms with Crippen molar-refractivity contribution in [2.24, 2.45) is 0 Å². The summed E-state index contributed by atoms with van der Waals surface area (Å²) in [6, 6.07) is 0. The van der Waals surface area contributed by atoms with Crippen molar-refractivity contribution < 1.29 is 4.79 Å². The number of hydrogen-bond donors (Lipinski definition) is 2. The Morgan fingerprint density at radius 3 is 2.88 bits per heavy atom. The first-order chi connectivity index (χ1) is 8.02. The average Bonchev–Trinajstić information content (AvgIpc) is 2.68. The summed E-state index contributed by atoms with van der Waals surface area (Å²) in [6.07, 6.45) is 0.319. The molecule has 2 aromatic heterocycles. The largest absolute Gasteiger partial charge is 0.295 e. The number of hydrogen-bond acceptors (Lipinski definition) is 4. The van der Waals surface area contributed by atoms with Gasteiger partial charge in [-0.05, 0) is 6.92 Å². The van der Waals surface area contributed by atoms with Crippen molar-refractivity contribution in [1.29, 1.82) is 0 Å². The number of amides is 1. The Kier molecular flexibility index (Phi) is 2.84. The Bertz CT molecular complexity index is 645. The highest BCUT2D eigenvalue weighted by Gasteiger charge is 2.12. The number of nitrogens with one attached hydrogen (secondary N) is 2. The molecule has 0 radical (unpaired) electrons. The molecule has 0 saturated heterocycles. The number of carbonyl (C=O) groups is 1. The van der Waals surface area contributed by atoms with Crippen LogP contribution in [0, 0.1) is 6.92 Å². The summed E-state index contributed by atoms with van der Waals surface area (Å²) in [6.45, 7) is 3.33. The molecule has 0 aliphatic heterocycles. The number of fused-ring (bicyclic) bond motifs is 1. The molecular weight excluding hydrogens is 246 g/mol. The van der Waals surface area contributed by atoms with Crippen LogP contribution in [0.25, 0.3) is 5.78 Å². The molecule has 2 heterocycles. The Morgan fingerprint density at radius 1 is 1.53 bits per heavy atom. The molecule has 0 bridgehead atoms. The second-order valence-electron chi connectivity index (χ2n) is 3.43. The number of nitrogens with zero attached hydrogens (tertiary/aromatic N) is 3. The number of rotatable bonds is 2. The zero-order chi connectivity index (χ0) is 12.6. The van der Waals surface area contributed by atoms with E-state index in [1.165, 1.54) is 0 Å². The molecule has 7 nitrogen and oxygen atoms in total. The van der Waals surface area contributed by atoms with Crippen molar-refractivity contribution in [2.75, 3.05) is 5.32 Å². The average molecular weight is 256 g/mol. The topological polar surface area (TPSA) is 92.2 Å². The van der Waals surface area contributed by atoms with Gasteiger partial charge < -0.3 is 0 Å². The molecule has 8 heteroatoms. The van der Waals surface area contributed by atoms with E-state index >= 15 is 0 Å². The van der Waals surface area contributed by atoms with Gasteiger partial charge in [0.2, 0.25) is 11.9 Å². The maximum atomic E-state index is 11.7. The minimum absolute atomic E-state index is 0.0273. The maximum Gasteiger partial charge on any atom is 0.293 e. The van der Waals surface area contributed by atoms with Gasteiger partial charge >= 0.3 is 0 Å². The van der Waals surface area contributed by atoms with E-state index in [-0.39, 0.29) is 22.7 Å². The smallest absolute Gasteiger partial charge is 0.293 e. The number of halogens is 1. The van der Waals surface area contributed by atoms with Gasteiger partial charge in [-0.3, -0.25) is 20.0 Å². The molecule has 0 aliphatic carbocycles. The lowest BCUT2D eigenvalue weighted by Gasteiger charge is -1.96. The molecule has 0 atom stereocenters. The van der Waals surface area contributed by atoms with Crippen molar-refractivity contribution >= 4 is 29.2 Å². The fourth-order valence-corrected chi connectivity index (χ4v) is 1.40. The fourth-order valence-electron chi connectivity index (χ4n) is 1.28. The lowest BCUT2D eigenvalue weighted by atomic mass is 10.4. The first-order valence-corrected chi connectivity index (χ1v) is 5.35. The van der Waals surface area contributed by atoms with Crippen LogP contribution in [0.5, 0.6) is 0 Å². The van der Waals surface area contributed by atoms with Crippen molar-refractivity contribution in [3.8, 4) is 0 Å². The first-order valence-electron chi connectivity index (χ1n) is 4.97. The molecular formula is C9H10ClN5O2. The van der Waals surface area contributed by atoms with Gasteiger partial charge in [0.25, 0.3) is 11.3 Å². The van der Waals surface area contributed by atoms with Gasteiger partial charge in [-0.15, -0.1) is 0 Å².